The smallest absolute Gasteiger partial charge is 0.122 e. The second-order valence-electron chi connectivity index (χ2n) is 7.15. The molecule has 2 aliphatic rings. The molecule has 1 atom stereocenters. The molecule has 1 aliphatic heterocycles. The topological polar surface area (TPSA) is 21.3 Å². The highest BCUT2D eigenvalue weighted by Crippen LogP contribution is 2.72. The fourth-order valence-corrected chi connectivity index (χ4v) is 4.01. The lowest BCUT2D eigenvalue weighted by Gasteiger charge is -2.20. The van der Waals surface area contributed by atoms with E-state index in [1.165, 1.54) is 11.1 Å². The highest BCUT2D eigenvalue weighted by Gasteiger charge is 2.67. The van der Waals surface area contributed by atoms with E-state index in [0.717, 1.165) is 18.8 Å². The third kappa shape index (κ3) is 1.73. The Morgan fingerprint density at radius 1 is 1.21 bits per heavy atom. The van der Waals surface area contributed by atoms with Gasteiger partial charge in [-0.25, -0.2) is 0 Å². The first-order valence-electron chi connectivity index (χ1n) is 7.32. The van der Waals surface area contributed by atoms with E-state index in [4.69, 9.17) is 4.74 Å². The molecule has 1 unspecified atom stereocenters. The van der Waals surface area contributed by atoms with Crippen LogP contribution in [0, 0.1) is 16.7 Å². The van der Waals surface area contributed by atoms with Crippen molar-refractivity contribution in [1.82, 2.24) is 5.32 Å². The lowest BCUT2D eigenvalue weighted by molar-refractivity contribution is 0.356. The Labute approximate surface area is 116 Å². The van der Waals surface area contributed by atoms with E-state index in [1.54, 1.807) is 0 Å². The zero-order chi connectivity index (χ0) is 13.8. The van der Waals surface area contributed by atoms with Gasteiger partial charge in [0.2, 0.25) is 0 Å². The summed E-state index contributed by atoms with van der Waals surface area (Å²) in [4.78, 5) is 0. The van der Waals surface area contributed by atoms with Crippen LogP contribution in [0.25, 0.3) is 0 Å². The van der Waals surface area contributed by atoms with Gasteiger partial charge in [-0.15, -0.1) is 0 Å². The SMILES string of the molecule is CNC(c1ccc2c(c1)CCO2)C1C(C)(C)C1(C)C. The standard InChI is InChI=1S/C17H25NO/c1-16(2)15(17(16,3)4)14(18-5)12-6-7-13-11(10-12)8-9-19-13/h6-7,10,14-15,18H,8-9H2,1-5H3. The molecule has 0 saturated heterocycles. The summed E-state index contributed by atoms with van der Waals surface area (Å²) >= 11 is 0. The molecule has 0 bridgehead atoms. The molecule has 0 spiro atoms. The number of fused-ring (bicyclic) bond motifs is 1. The van der Waals surface area contributed by atoms with Crippen molar-refractivity contribution < 1.29 is 4.74 Å². The normalized spacial score (nSPS) is 24.7. The summed E-state index contributed by atoms with van der Waals surface area (Å²) in [6.07, 6.45) is 1.05. The maximum atomic E-state index is 5.60. The lowest BCUT2D eigenvalue weighted by atomic mass is 9.95. The fourth-order valence-electron chi connectivity index (χ4n) is 4.01. The molecule has 1 fully saturated rings. The van der Waals surface area contributed by atoms with Crippen molar-refractivity contribution in [3.05, 3.63) is 29.3 Å². The molecule has 2 heteroatoms. The van der Waals surface area contributed by atoms with Crippen molar-refractivity contribution in [2.45, 2.75) is 40.2 Å². The summed E-state index contributed by atoms with van der Waals surface area (Å²) in [7, 11) is 2.08. The van der Waals surface area contributed by atoms with Gasteiger partial charge in [-0.2, -0.15) is 0 Å². The van der Waals surface area contributed by atoms with E-state index < -0.39 is 0 Å². The van der Waals surface area contributed by atoms with E-state index in [1.807, 2.05) is 0 Å². The molecule has 1 aromatic carbocycles. The minimum atomic E-state index is 0.399. The molecule has 2 nitrogen and oxygen atoms in total. The minimum absolute atomic E-state index is 0.399. The molecule has 1 saturated carbocycles. The van der Waals surface area contributed by atoms with E-state index >= 15 is 0 Å². The fraction of sp³-hybridized carbons (Fsp3) is 0.647. The zero-order valence-electron chi connectivity index (χ0n) is 12.7. The summed E-state index contributed by atoms with van der Waals surface area (Å²) in [6, 6.07) is 7.16. The number of hydrogen-bond donors (Lipinski definition) is 1. The maximum absolute atomic E-state index is 5.60. The van der Waals surface area contributed by atoms with Crippen LogP contribution in [0.4, 0.5) is 0 Å². The average molecular weight is 259 g/mol. The molecule has 3 rings (SSSR count). The van der Waals surface area contributed by atoms with Crippen LogP contribution in [0.2, 0.25) is 0 Å². The van der Waals surface area contributed by atoms with Gasteiger partial charge in [-0.1, -0.05) is 39.8 Å². The molecular weight excluding hydrogens is 234 g/mol. The van der Waals surface area contributed by atoms with E-state index in [9.17, 15) is 0 Å². The Bertz CT molecular complexity index is 490. The molecule has 1 aliphatic carbocycles. The average Bonchev–Trinajstić information content (AvgIpc) is 2.74. The second kappa shape index (κ2) is 3.99. The summed E-state index contributed by atoms with van der Waals surface area (Å²) < 4.78 is 5.60. The van der Waals surface area contributed by atoms with Crippen LogP contribution in [0.1, 0.15) is 44.9 Å². The van der Waals surface area contributed by atoms with Crippen molar-refractivity contribution >= 4 is 0 Å². The van der Waals surface area contributed by atoms with Crippen LogP contribution < -0.4 is 10.1 Å². The number of ether oxygens (including phenoxy) is 1. The van der Waals surface area contributed by atoms with Crippen LogP contribution >= 0.6 is 0 Å². The van der Waals surface area contributed by atoms with Crippen LogP contribution in [-0.4, -0.2) is 13.7 Å². The van der Waals surface area contributed by atoms with Crippen molar-refractivity contribution in [2.24, 2.45) is 16.7 Å². The van der Waals surface area contributed by atoms with Gasteiger partial charge in [-0.3, -0.25) is 0 Å². The Morgan fingerprint density at radius 3 is 2.47 bits per heavy atom. The highest BCUT2D eigenvalue weighted by molar-refractivity contribution is 5.42. The number of rotatable bonds is 3. The quantitative estimate of drug-likeness (QED) is 0.896. The first kappa shape index (κ1) is 13.0. The minimum Gasteiger partial charge on any atom is -0.493 e. The van der Waals surface area contributed by atoms with Gasteiger partial charge < -0.3 is 10.1 Å². The van der Waals surface area contributed by atoms with Crippen LogP contribution in [0.3, 0.4) is 0 Å². The summed E-state index contributed by atoms with van der Waals surface area (Å²) in [5.74, 6) is 1.76. The zero-order valence-corrected chi connectivity index (χ0v) is 12.7. The van der Waals surface area contributed by atoms with Gasteiger partial charge in [0.1, 0.15) is 5.75 Å². The highest BCUT2D eigenvalue weighted by atomic mass is 16.5. The third-order valence-corrected chi connectivity index (χ3v) is 5.85. The van der Waals surface area contributed by atoms with Crippen molar-refractivity contribution in [2.75, 3.05) is 13.7 Å². The molecular formula is C17H25NO. The van der Waals surface area contributed by atoms with Crippen molar-refractivity contribution in [1.29, 1.82) is 0 Å². The molecule has 0 aromatic heterocycles. The molecule has 104 valence electrons. The van der Waals surface area contributed by atoms with Crippen LogP contribution in [0.15, 0.2) is 18.2 Å². The van der Waals surface area contributed by atoms with Gasteiger partial charge in [0.15, 0.2) is 0 Å². The van der Waals surface area contributed by atoms with E-state index in [0.29, 0.717) is 22.8 Å². The van der Waals surface area contributed by atoms with E-state index in [-0.39, 0.29) is 0 Å². The van der Waals surface area contributed by atoms with Crippen LogP contribution in [-0.2, 0) is 6.42 Å². The molecule has 1 aromatic rings. The van der Waals surface area contributed by atoms with Gasteiger partial charge >= 0.3 is 0 Å². The molecule has 19 heavy (non-hydrogen) atoms. The number of benzene rings is 1. The molecule has 1 N–H and O–H groups in total. The largest absolute Gasteiger partial charge is 0.493 e. The van der Waals surface area contributed by atoms with Gasteiger partial charge in [0, 0.05) is 12.5 Å². The molecule has 1 heterocycles. The number of nitrogens with one attached hydrogen (secondary N) is 1. The molecule has 0 amide bonds. The Hall–Kier alpha value is -1.02. The molecule has 0 radical (unpaired) electrons. The summed E-state index contributed by atoms with van der Waals surface area (Å²) in [5.41, 5.74) is 3.58. The Kier molecular flexibility index (Phi) is 2.72. The monoisotopic (exact) mass is 259 g/mol. The maximum Gasteiger partial charge on any atom is 0.122 e. The Morgan fingerprint density at radius 2 is 1.89 bits per heavy atom. The van der Waals surface area contributed by atoms with Crippen molar-refractivity contribution in [3.63, 3.8) is 0 Å². The van der Waals surface area contributed by atoms with Gasteiger partial charge in [-0.05, 0) is 41.0 Å². The third-order valence-electron chi connectivity index (χ3n) is 5.85. The predicted octanol–water partition coefficient (Wildman–Crippen LogP) is 3.56. The van der Waals surface area contributed by atoms with Crippen LogP contribution in [0.5, 0.6) is 5.75 Å². The van der Waals surface area contributed by atoms with E-state index in [2.05, 4.69) is 58.3 Å². The predicted molar refractivity (Wildman–Crippen MR) is 78.5 cm³/mol. The van der Waals surface area contributed by atoms with Crippen molar-refractivity contribution in [3.8, 4) is 5.75 Å². The summed E-state index contributed by atoms with van der Waals surface area (Å²) in [5, 5.41) is 3.54. The second-order valence-corrected chi connectivity index (χ2v) is 7.15. The number of hydrogen-bond acceptors (Lipinski definition) is 2. The Balaban J connectivity index is 1.92. The first-order valence-corrected chi connectivity index (χ1v) is 7.32. The van der Waals surface area contributed by atoms with Gasteiger partial charge in [0.05, 0.1) is 6.61 Å². The van der Waals surface area contributed by atoms with Gasteiger partial charge in [0.25, 0.3) is 0 Å². The first-order chi connectivity index (χ1) is 8.89. The summed E-state index contributed by atoms with van der Waals surface area (Å²) in [6.45, 7) is 10.4. The lowest BCUT2D eigenvalue weighted by Crippen LogP contribution is -2.21.